The van der Waals surface area contributed by atoms with Crippen LogP contribution < -0.4 is 0 Å². The Bertz CT molecular complexity index is 610. The number of hydrazone groups is 3. The molecule has 3 saturated carbocycles. The standard InChI is InChI=1S/C21H30N6/c1-4-13-10-22-25-19(16(13)7-1)26-21(18-9-2-5-14(18)11-23-26)27-20(25)17-8-3-6-15(17)12-24-27/h10-21H,1-9H2. The second kappa shape index (κ2) is 5.48. The van der Waals surface area contributed by atoms with Crippen LogP contribution in [0.1, 0.15) is 57.8 Å². The van der Waals surface area contributed by atoms with Gasteiger partial charge in [-0.1, -0.05) is 19.3 Å². The molecule has 6 nitrogen and oxygen atoms in total. The summed E-state index contributed by atoms with van der Waals surface area (Å²) < 4.78 is 0. The van der Waals surface area contributed by atoms with Crippen molar-refractivity contribution in [1.29, 1.82) is 0 Å². The van der Waals surface area contributed by atoms with Crippen LogP contribution in [-0.4, -0.2) is 52.2 Å². The van der Waals surface area contributed by atoms with Crippen LogP contribution >= 0.6 is 0 Å². The van der Waals surface area contributed by atoms with E-state index < -0.39 is 0 Å². The van der Waals surface area contributed by atoms with E-state index in [0.717, 1.165) is 0 Å². The maximum Gasteiger partial charge on any atom is 0.142 e. The van der Waals surface area contributed by atoms with Gasteiger partial charge in [0.25, 0.3) is 0 Å². The highest BCUT2D eigenvalue weighted by molar-refractivity contribution is 5.65. The van der Waals surface area contributed by atoms with Crippen molar-refractivity contribution < 1.29 is 0 Å². The molecule has 4 fully saturated rings. The fourth-order valence-electron chi connectivity index (χ4n) is 7.63. The van der Waals surface area contributed by atoms with Gasteiger partial charge >= 0.3 is 0 Å². The van der Waals surface area contributed by atoms with Crippen LogP contribution in [-0.2, 0) is 0 Å². The van der Waals surface area contributed by atoms with Crippen molar-refractivity contribution in [1.82, 2.24) is 15.0 Å². The number of hydrogen-bond donors (Lipinski definition) is 0. The van der Waals surface area contributed by atoms with E-state index in [1.54, 1.807) is 0 Å². The molecule has 0 aromatic rings. The van der Waals surface area contributed by atoms with Crippen molar-refractivity contribution in [3.8, 4) is 0 Å². The van der Waals surface area contributed by atoms with Gasteiger partial charge in [-0.3, -0.25) is 0 Å². The lowest BCUT2D eigenvalue weighted by atomic mass is 9.83. The van der Waals surface area contributed by atoms with Crippen LogP contribution in [0.25, 0.3) is 0 Å². The van der Waals surface area contributed by atoms with Gasteiger partial charge in [-0.15, -0.1) is 0 Å². The fourth-order valence-corrected chi connectivity index (χ4v) is 7.63. The largest absolute Gasteiger partial charge is 0.249 e. The zero-order valence-corrected chi connectivity index (χ0v) is 16.0. The first-order chi connectivity index (χ1) is 13.4. The third kappa shape index (κ3) is 1.94. The van der Waals surface area contributed by atoms with Gasteiger partial charge in [-0.25, -0.2) is 15.0 Å². The van der Waals surface area contributed by atoms with Crippen molar-refractivity contribution in [3.05, 3.63) is 0 Å². The van der Waals surface area contributed by atoms with Crippen molar-refractivity contribution >= 4 is 18.6 Å². The highest BCUT2D eigenvalue weighted by Crippen LogP contribution is 2.52. The maximum atomic E-state index is 5.09. The molecular formula is C21H30N6. The molecule has 4 heterocycles. The van der Waals surface area contributed by atoms with Gasteiger partial charge in [0.2, 0.25) is 0 Å². The van der Waals surface area contributed by atoms with Gasteiger partial charge in [0, 0.05) is 54.2 Å². The van der Waals surface area contributed by atoms with E-state index in [2.05, 4.69) is 33.7 Å². The summed E-state index contributed by atoms with van der Waals surface area (Å²) in [6.07, 6.45) is 19.8. The monoisotopic (exact) mass is 366 g/mol. The molecule has 0 aromatic heterocycles. The molecule has 0 radical (unpaired) electrons. The van der Waals surface area contributed by atoms with Crippen molar-refractivity contribution in [2.45, 2.75) is 76.3 Å². The van der Waals surface area contributed by atoms with E-state index in [1.807, 2.05) is 0 Å². The van der Waals surface area contributed by atoms with Crippen LogP contribution in [0.2, 0.25) is 0 Å². The fraction of sp³-hybridized carbons (Fsp3) is 0.857. The van der Waals surface area contributed by atoms with Crippen molar-refractivity contribution in [2.24, 2.45) is 50.8 Å². The van der Waals surface area contributed by atoms with Crippen LogP contribution in [0, 0.1) is 35.5 Å². The lowest BCUT2D eigenvalue weighted by Gasteiger charge is -2.62. The average molecular weight is 367 g/mol. The summed E-state index contributed by atoms with van der Waals surface area (Å²) in [4.78, 5) is 0. The molecule has 3 aliphatic carbocycles. The van der Waals surface area contributed by atoms with Gasteiger partial charge in [0.15, 0.2) is 0 Å². The van der Waals surface area contributed by atoms with Crippen LogP contribution in [0.4, 0.5) is 0 Å². The van der Waals surface area contributed by atoms with Crippen molar-refractivity contribution in [3.63, 3.8) is 0 Å². The Kier molecular flexibility index (Phi) is 3.11. The van der Waals surface area contributed by atoms with E-state index in [1.165, 1.54) is 57.8 Å². The summed E-state index contributed by atoms with van der Waals surface area (Å²) in [5.74, 6) is 4.03. The molecule has 1 saturated heterocycles. The summed E-state index contributed by atoms with van der Waals surface area (Å²) in [7, 11) is 0. The van der Waals surface area contributed by atoms with Gasteiger partial charge < -0.3 is 0 Å². The quantitative estimate of drug-likeness (QED) is 0.662. The molecule has 0 aromatic carbocycles. The highest BCUT2D eigenvalue weighted by Gasteiger charge is 2.59. The SMILES string of the molecule is C1=NN2C3C4CCCC4C=NN3C3C4CCCC4C=NN3C2C2CCCC12. The van der Waals surface area contributed by atoms with Crippen LogP contribution in [0.5, 0.6) is 0 Å². The van der Waals surface area contributed by atoms with Crippen molar-refractivity contribution in [2.75, 3.05) is 0 Å². The van der Waals surface area contributed by atoms with E-state index in [-0.39, 0.29) is 0 Å². The third-order valence-corrected chi connectivity index (χ3v) is 8.82. The molecule has 7 aliphatic rings. The molecule has 6 unspecified atom stereocenters. The lowest BCUT2D eigenvalue weighted by molar-refractivity contribution is -0.232. The maximum absolute atomic E-state index is 5.09. The second-order valence-corrected chi connectivity index (χ2v) is 9.95. The van der Waals surface area contributed by atoms with Crippen LogP contribution in [0.3, 0.4) is 0 Å². The first-order valence-electron chi connectivity index (χ1n) is 11.4. The first kappa shape index (κ1) is 15.3. The van der Waals surface area contributed by atoms with Gasteiger partial charge in [0.05, 0.1) is 0 Å². The molecule has 4 aliphatic heterocycles. The third-order valence-electron chi connectivity index (χ3n) is 8.82. The van der Waals surface area contributed by atoms with Gasteiger partial charge in [0.1, 0.15) is 18.5 Å². The molecule has 0 bridgehead atoms. The molecule has 0 spiro atoms. The molecular weight excluding hydrogens is 336 g/mol. The summed E-state index contributed by atoms with van der Waals surface area (Å²) in [6.45, 7) is 0. The Labute approximate surface area is 161 Å². The minimum atomic E-state index is 0.348. The lowest BCUT2D eigenvalue weighted by Crippen LogP contribution is -2.74. The Hall–Kier alpha value is -1.59. The van der Waals surface area contributed by atoms with E-state index in [4.69, 9.17) is 15.3 Å². The zero-order valence-electron chi connectivity index (χ0n) is 16.0. The molecule has 144 valence electrons. The average Bonchev–Trinajstić information content (AvgIpc) is 3.45. The van der Waals surface area contributed by atoms with E-state index in [0.29, 0.717) is 54.0 Å². The summed E-state index contributed by atoms with van der Waals surface area (Å²) in [5.41, 5.74) is 0. The van der Waals surface area contributed by atoms with E-state index in [9.17, 15) is 0 Å². The Morgan fingerprint density at radius 2 is 0.815 bits per heavy atom. The zero-order chi connectivity index (χ0) is 17.5. The number of hydrogen-bond acceptors (Lipinski definition) is 6. The second-order valence-electron chi connectivity index (χ2n) is 9.95. The molecule has 6 atom stereocenters. The predicted octanol–water partition coefficient (Wildman–Crippen LogP) is 3.13. The number of nitrogens with zero attached hydrogens (tertiary/aromatic N) is 6. The highest BCUT2D eigenvalue weighted by atomic mass is 15.8. The number of rotatable bonds is 0. The summed E-state index contributed by atoms with van der Waals surface area (Å²) >= 11 is 0. The smallest absolute Gasteiger partial charge is 0.142 e. The van der Waals surface area contributed by atoms with Crippen LogP contribution in [0.15, 0.2) is 15.3 Å². The topological polar surface area (TPSA) is 46.8 Å². The normalized spacial score (nSPS) is 51.6. The minimum absolute atomic E-state index is 0.348. The first-order valence-corrected chi connectivity index (χ1v) is 11.4. The number of fused-ring (bicyclic) bond motifs is 12. The summed E-state index contributed by atoms with van der Waals surface area (Å²) in [6, 6.07) is 0. The minimum Gasteiger partial charge on any atom is -0.249 e. The van der Waals surface area contributed by atoms with Gasteiger partial charge in [-0.2, -0.15) is 15.3 Å². The molecule has 0 N–H and O–H groups in total. The molecule has 7 rings (SSSR count). The Morgan fingerprint density at radius 3 is 1.15 bits per heavy atom. The molecule has 6 heteroatoms. The summed E-state index contributed by atoms with van der Waals surface area (Å²) in [5, 5.41) is 22.6. The molecule has 0 amide bonds. The Morgan fingerprint density at radius 1 is 0.481 bits per heavy atom. The molecule has 27 heavy (non-hydrogen) atoms. The van der Waals surface area contributed by atoms with Gasteiger partial charge in [-0.05, 0) is 38.5 Å². The van der Waals surface area contributed by atoms with E-state index >= 15 is 0 Å². The predicted molar refractivity (Wildman–Crippen MR) is 105 cm³/mol. The Balaban J connectivity index is 1.38.